The fraction of sp³-hybridized carbons (Fsp3) is 0.182. The molecule has 6 heteroatoms. The van der Waals surface area contributed by atoms with Gasteiger partial charge in [0.05, 0.1) is 0 Å². The molecule has 1 N–H and O–H groups in total. The minimum Gasteiger partial charge on any atom is -0.478 e. The number of carbonyl (C=O) groups is 1. The van der Waals surface area contributed by atoms with Crippen LogP contribution in [0, 0.1) is 0 Å². The topological polar surface area (TPSA) is 46.5 Å². The molecule has 0 radical (unpaired) electrons. The molecule has 0 saturated heterocycles. The molecule has 0 spiro atoms. The Bertz CT molecular complexity index is 432. The minimum atomic E-state index is -4.73. The van der Waals surface area contributed by atoms with E-state index in [1.165, 1.54) is 25.1 Å². The number of halogens is 3. The third kappa shape index (κ3) is 4.58. The predicted octanol–water partition coefficient (Wildman–Crippen LogP) is 3.07. The Morgan fingerprint density at radius 1 is 1.29 bits per heavy atom. The minimum absolute atomic E-state index is 0.0921. The van der Waals surface area contributed by atoms with Gasteiger partial charge < -0.3 is 9.84 Å². The van der Waals surface area contributed by atoms with Crippen LogP contribution in [0.2, 0.25) is 0 Å². The van der Waals surface area contributed by atoms with Crippen LogP contribution in [0.4, 0.5) is 13.2 Å². The van der Waals surface area contributed by atoms with Crippen molar-refractivity contribution in [3.8, 4) is 5.75 Å². The Balaban J connectivity index is 2.82. The van der Waals surface area contributed by atoms with Gasteiger partial charge in [-0.05, 0) is 30.7 Å². The fourth-order valence-electron chi connectivity index (χ4n) is 1.08. The number of rotatable bonds is 3. The zero-order valence-corrected chi connectivity index (χ0v) is 8.78. The second-order valence-corrected chi connectivity index (χ2v) is 3.25. The van der Waals surface area contributed by atoms with Crippen LogP contribution < -0.4 is 4.74 Å². The van der Waals surface area contributed by atoms with Gasteiger partial charge in [-0.2, -0.15) is 0 Å². The molecule has 92 valence electrons. The van der Waals surface area contributed by atoms with Gasteiger partial charge in [-0.15, -0.1) is 13.2 Å². The first kappa shape index (κ1) is 13.1. The molecule has 17 heavy (non-hydrogen) atoms. The van der Waals surface area contributed by atoms with Crippen molar-refractivity contribution in [2.24, 2.45) is 0 Å². The summed E-state index contributed by atoms with van der Waals surface area (Å²) in [5.41, 5.74) is 0.578. The average molecular weight is 246 g/mol. The lowest BCUT2D eigenvalue weighted by molar-refractivity contribution is -0.274. The smallest absolute Gasteiger partial charge is 0.478 e. The summed E-state index contributed by atoms with van der Waals surface area (Å²) in [5.74, 6) is -1.43. The molecule has 0 saturated carbocycles. The van der Waals surface area contributed by atoms with Crippen molar-refractivity contribution in [3.05, 3.63) is 35.4 Å². The van der Waals surface area contributed by atoms with Crippen molar-refractivity contribution in [3.63, 3.8) is 0 Å². The maximum Gasteiger partial charge on any atom is 0.573 e. The Morgan fingerprint density at radius 3 is 2.24 bits per heavy atom. The van der Waals surface area contributed by atoms with Crippen LogP contribution >= 0.6 is 0 Å². The van der Waals surface area contributed by atoms with E-state index in [0.717, 1.165) is 12.1 Å². The lowest BCUT2D eigenvalue weighted by Gasteiger charge is -2.08. The van der Waals surface area contributed by atoms with Gasteiger partial charge >= 0.3 is 12.3 Å². The molecule has 0 atom stereocenters. The standard InChI is InChI=1S/C11H9F3O3/c1-7(10(15)16)6-8-2-4-9(5-3-8)17-11(12,13)14/h2-6H,1H3,(H,15,16). The van der Waals surface area contributed by atoms with Crippen LogP contribution in [0.25, 0.3) is 6.08 Å². The van der Waals surface area contributed by atoms with Gasteiger partial charge in [0.1, 0.15) is 5.75 Å². The SMILES string of the molecule is CC(=Cc1ccc(OC(F)(F)F)cc1)C(=O)O. The summed E-state index contributed by atoms with van der Waals surface area (Å²) in [6.07, 6.45) is -3.38. The van der Waals surface area contributed by atoms with Crippen LogP contribution in [-0.2, 0) is 4.79 Å². The normalized spacial score (nSPS) is 12.4. The zero-order chi connectivity index (χ0) is 13.1. The van der Waals surface area contributed by atoms with Crippen molar-refractivity contribution in [1.82, 2.24) is 0 Å². The monoisotopic (exact) mass is 246 g/mol. The number of alkyl halides is 3. The summed E-state index contributed by atoms with van der Waals surface area (Å²) in [6.45, 7) is 1.39. The summed E-state index contributed by atoms with van der Waals surface area (Å²) in [7, 11) is 0. The zero-order valence-electron chi connectivity index (χ0n) is 8.78. The molecule has 0 aliphatic carbocycles. The summed E-state index contributed by atoms with van der Waals surface area (Å²) in [4.78, 5) is 10.5. The molecule has 1 rings (SSSR count). The molecule has 1 aromatic rings. The Kier molecular flexibility index (Phi) is 3.77. The summed E-state index contributed by atoms with van der Waals surface area (Å²) < 4.78 is 39.2. The highest BCUT2D eigenvalue weighted by atomic mass is 19.4. The van der Waals surface area contributed by atoms with E-state index in [2.05, 4.69) is 4.74 Å². The molecule has 0 aliphatic rings. The van der Waals surface area contributed by atoms with Gasteiger partial charge in [0.2, 0.25) is 0 Å². The number of ether oxygens (including phenoxy) is 1. The van der Waals surface area contributed by atoms with E-state index in [9.17, 15) is 18.0 Å². The third-order valence-electron chi connectivity index (χ3n) is 1.83. The van der Waals surface area contributed by atoms with Gasteiger partial charge in [-0.25, -0.2) is 4.79 Å². The highest BCUT2D eigenvalue weighted by Crippen LogP contribution is 2.23. The van der Waals surface area contributed by atoms with Crippen LogP contribution in [0.15, 0.2) is 29.8 Å². The molecule has 0 aromatic heterocycles. The fourth-order valence-corrected chi connectivity index (χ4v) is 1.08. The van der Waals surface area contributed by atoms with E-state index in [4.69, 9.17) is 5.11 Å². The van der Waals surface area contributed by atoms with Crippen molar-refractivity contribution < 1.29 is 27.8 Å². The Morgan fingerprint density at radius 2 is 1.82 bits per heavy atom. The summed E-state index contributed by atoms with van der Waals surface area (Å²) in [5, 5.41) is 8.61. The highest BCUT2D eigenvalue weighted by Gasteiger charge is 2.30. The van der Waals surface area contributed by atoms with Crippen molar-refractivity contribution >= 4 is 12.0 Å². The van der Waals surface area contributed by atoms with E-state index in [-0.39, 0.29) is 11.3 Å². The van der Waals surface area contributed by atoms with Crippen LogP contribution in [0.1, 0.15) is 12.5 Å². The first-order chi connectivity index (χ1) is 7.78. The van der Waals surface area contributed by atoms with Gasteiger partial charge in [-0.3, -0.25) is 0 Å². The van der Waals surface area contributed by atoms with Crippen molar-refractivity contribution in [2.45, 2.75) is 13.3 Å². The second kappa shape index (κ2) is 4.90. The first-order valence-electron chi connectivity index (χ1n) is 4.55. The lowest BCUT2D eigenvalue weighted by atomic mass is 10.1. The molecule has 1 aromatic carbocycles. The van der Waals surface area contributed by atoms with Crippen LogP contribution in [0.3, 0.4) is 0 Å². The molecule has 0 bridgehead atoms. The number of hydrogen-bond donors (Lipinski definition) is 1. The van der Waals surface area contributed by atoms with E-state index in [0.29, 0.717) is 5.56 Å². The van der Waals surface area contributed by atoms with Gasteiger partial charge in [0, 0.05) is 5.57 Å². The van der Waals surface area contributed by atoms with Gasteiger partial charge in [0.15, 0.2) is 0 Å². The number of benzene rings is 1. The highest BCUT2D eigenvalue weighted by molar-refractivity contribution is 5.91. The summed E-state index contributed by atoms with van der Waals surface area (Å²) in [6, 6.07) is 4.92. The Hall–Kier alpha value is -1.98. The van der Waals surface area contributed by atoms with E-state index >= 15 is 0 Å². The Labute approximate surface area is 95.1 Å². The molecular formula is C11H9F3O3. The molecule has 0 aliphatic heterocycles. The molecule has 3 nitrogen and oxygen atoms in total. The van der Waals surface area contributed by atoms with E-state index < -0.39 is 12.3 Å². The van der Waals surface area contributed by atoms with Crippen LogP contribution in [-0.4, -0.2) is 17.4 Å². The predicted molar refractivity (Wildman–Crippen MR) is 54.4 cm³/mol. The largest absolute Gasteiger partial charge is 0.573 e. The number of carboxylic acid groups (broad SMARTS) is 1. The second-order valence-electron chi connectivity index (χ2n) is 3.25. The lowest BCUT2D eigenvalue weighted by Crippen LogP contribution is -2.16. The molecule has 0 fully saturated rings. The van der Waals surface area contributed by atoms with E-state index in [1.54, 1.807) is 0 Å². The average Bonchev–Trinajstić information content (AvgIpc) is 2.18. The van der Waals surface area contributed by atoms with Crippen molar-refractivity contribution in [1.29, 1.82) is 0 Å². The first-order valence-corrected chi connectivity index (χ1v) is 4.55. The molecule has 0 heterocycles. The number of hydrogen-bond acceptors (Lipinski definition) is 2. The molecule has 0 amide bonds. The maximum atomic E-state index is 11.8. The molecule has 0 unspecified atom stereocenters. The third-order valence-corrected chi connectivity index (χ3v) is 1.83. The maximum absolute atomic E-state index is 11.8. The number of aliphatic carboxylic acids is 1. The van der Waals surface area contributed by atoms with Gasteiger partial charge in [0.25, 0.3) is 0 Å². The van der Waals surface area contributed by atoms with Gasteiger partial charge in [-0.1, -0.05) is 12.1 Å². The van der Waals surface area contributed by atoms with Crippen LogP contribution in [0.5, 0.6) is 5.75 Å². The van der Waals surface area contributed by atoms with Crippen molar-refractivity contribution in [2.75, 3.05) is 0 Å². The summed E-state index contributed by atoms with van der Waals surface area (Å²) >= 11 is 0. The molecular weight excluding hydrogens is 237 g/mol. The quantitative estimate of drug-likeness (QED) is 0.833. The van der Waals surface area contributed by atoms with E-state index in [1.807, 2.05) is 0 Å². The number of carboxylic acids is 1.